The third kappa shape index (κ3) is 2.19. The number of rotatable bonds is 4. The fourth-order valence-corrected chi connectivity index (χ4v) is 1.19. The Morgan fingerprint density at radius 1 is 1.23 bits per heavy atom. The van der Waals surface area contributed by atoms with Crippen molar-refractivity contribution in [1.29, 1.82) is 0 Å². The first-order valence-corrected chi connectivity index (χ1v) is 4.26. The molecule has 2 rings (SSSR count). The molecule has 0 aliphatic carbocycles. The standard InChI is InChI=1S/C9H12N4/c1-2-8(11-4-1)6-10-7-9-3-5-12-13-9/h1-5,10-11H,6-7H2,(H,12,13). The van der Waals surface area contributed by atoms with Gasteiger partial charge in [-0.05, 0) is 18.2 Å². The molecule has 0 saturated heterocycles. The Kier molecular flexibility index (Phi) is 2.43. The van der Waals surface area contributed by atoms with Crippen LogP contribution in [-0.4, -0.2) is 15.2 Å². The van der Waals surface area contributed by atoms with Gasteiger partial charge in [-0.25, -0.2) is 0 Å². The highest BCUT2D eigenvalue weighted by atomic mass is 15.1. The van der Waals surface area contributed by atoms with Crippen LogP contribution in [0.25, 0.3) is 0 Å². The Morgan fingerprint density at radius 2 is 2.15 bits per heavy atom. The monoisotopic (exact) mass is 176 g/mol. The Bertz CT molecular complexity index is 288. The van der Waals surface area contributed by atoms with E-state index < -0.39 is 0 Å². The van der Waals surface area contributed by atoms with Crippen LogP contribution in [0.4, 0.5) is 0 Å². The van der Waals surface area contributed by atoms with E-state index in [4.69, 9.17) is 0 Å². The third-order valence-corrected chi connectivity index (χ3v) is 1.85. The average Bonchev–Trinajstić information content (AvgIpc) is 2.75. The zero-order valence-electron chi connectivity index (χ0n) is 7.25. The molecule has 0 radical (unpaired) electrons. The van der Waals surface area contributed by atoms with Crippen LogP contribution in [0.1, 0.15) is 11.4 Å². The van der Waals surface area contributed by atoms with Crippen molar-refractivity contribution in [1.82, 2.24) is 20.5 Å². The first-order valence-electron chi connectivity index (χ1n) is 4.26. The molecule has 0 fully saturated rings. The fourth-order valence-electron chi connectivity index (χ4n) is 1.19. The SMILES string of the molecule is c1c[nH]c(CNCc2ccn[nH]2)c1. The van der Waals surface area contributed by atoms with Crippen molar-refractivity contribution in [2.75, 3.05) is 0 Å². The van der Waals surface area contributed by atoms with E-state index in [-0.39, 0.29) is 0 Å². The molecule has 4 nitrogen and oxygen atoms in total. The third-order valence-electron chi connectivity index (χ3n) is 1.85. The molecule has 3 N–H and O–H groups in total. The molecule has 0 spiro atoms. The summed E-state index contributed by atoms with van der Waals surface area (Å²) >= 11 is 0. The summed E-state index contributed by atoms with van der Waals surface area (Å²) in [6.45, 7) is 1.67. The lowest BCUT2D eigenvalue weighted by molar-refractivity contribution is 0.668. The quantitative estimate of drug-likeness (QED) is 0.651. The van der Waals surface area contributed by atoms with Crippen LogP contribution in [0.5, 0.6) is 0 Å². The molecule has 13 heavy (non-hydrogen) atoms. The van der Waals surface area contributed by atoms with Crippen LogP contribution in [0.3, 0.4) is 0 Å². The Hall–Kier alpha value is -1.55. The zero-order chi connectivity index (χ0) is 8.93. The minimum Gasteiger partial charge on any atom is -0.364 e. The normalized spacial score (nSPS) is 10.5. The Labute approximate surface area is 76.4 Å². The second kappa shape index (κ2) is 3.91. The maximum Gasteiger partial charge on any atom is 0.0490 e. The van der Waals surface area contributed by atoms with Crippen molar-refractivity contribution < 1.29 is 0 Å². The van der Waals surface area contributed by atoms with Gasteiger partial charge in [0.15, 0.2) is 0 Å². The van der Waals surface area contributed by atoms with E-state index in [1.165, 1.54) is 5.69 Å². The molecular weight excluding hydrogens is 164 g/mol. The molecular formula is C9H12N4. The largest absolute Gasteiger partial charge is 0.364 e. The smallest absolute Gasteiger partial charge is 0.0490 e. The van der Waals surface area contributed by atoms with Crippen molar-refractivity contribution in [3.05, 3.63) is 42.0 Å². The lowest BCUT2D eigenvalue weighted by atomic mass is 10.4. The van der Waals surface area contributed by atoms with Crippen molar-refractivity contribution in [3.63, 3.8) is 0 Å². The van der Waals surface area contributed by atoms with E-state index in [9.17, 15) is 0 Å². The van der Waals surface area contributed by atoms with Crippen molar-refractivity contribution in [2.45, 2.75) is 13.1 Å². The minimum atomic E-state index is 0.818. The highest BCUT2D eigenvalue weighted by molar-refractivity contribution is 5.03. The van der Waals surface area contributed by atoms with Crippen LogP contribution in [0, 0.1) is 0 Å². The van der Waals surface area contributed by atoms with Gasteiger partial charge in [-0.2, -0.15) is 5.10 Å². The van der Waals surface area contributed by atoms with Gasteiger partial charge in [0.05, 0.1) is 0 Å². The summed E-state index contributed by atoms with van der Waals surface area (Å²) in [5.74, 6) is 0. The fraction of sp³-hybridized carbons (Fsp3) is 0.222. The lowest BCUT2D eigenvalue weighted by Gasteiger charge is -1.99. The average molecular weight is 176 g/mol. The van der Waals surface area contributed by atoms with Gasteiger partial charge in [-0.3, -0.25) is 5.10 Å². The van der Waals surface area contributed by atoms with Gasteiger partial charge in [0.2, 0.25) is 0 Å². The summed E-state index contributed by atoms with van der Waals surface area (Å²) in [5, 5.41) is 10.0. The molecule has 0 aromatic carbocycles. The van der Waals surface area contributed by atoms with E-state index in [1.54, 1.807) is 6.20 Å². The Balaban J connectivity index is 1.76. The molecule has 0 saturated carbocycles. The van der Waals surface area contributed by atoms with Crippen molar-refractivity contribution in [3.8, 4) is 0 Å². The molecule has 0 bridgehead atoms. The number of aromatic nitrogens is 3. The molecule has 2 heterocycles. The van der Waals surface area contributed by atoms with Crippen LogP contribution in [0.2, 0.25) is 0 Å². The molecule has 2 aromatic rings. The maximum absolute atomic E-state index is 3.87. The van der Waals surface area contributed by atoms with Crippen LogP contribution < -0.4 is 5.32 Å². The van der Waals surface area contributed by atoms with Gasteiger partial charge >= 0.3 is 0 Å². The van der Waals surface area contributed by atoms with E-state index in [0.717, 1.165) is 18.8 Å². The second-order valence-corrected chi connectivity index (χ2v) is 2.88. The molecule has 0 aliphatic heterocycles. The highest BCUT2D eigenvalue weighted by Crippen LogP contribution is 1.95. The van der Waals surface area contributed by atoms with Gasteiger partial charge in [0.1, 0.15) is 0 Å². The first kappa shape index (κ1) is 8.07. The number of hydrogen-bond donors (Lipinski definition) is 3. The highest BCUT2D eigenvalue weighted by Gasteiger charge is 1.94. The molecule has 0 amide bonds. The summed E-state index contributed by atoms with van der Waals surface area (Å²) in [6, 6.07) is 6.01. The van der Waals surface area contributed by atoms with Crippen LogP contribution in [-0.2, 0) is 13.1 Å². The number of aromatic amines is 2. The summed E-state index contributed by atoms with van der Waals surface area (Å²) < 4.78 is 0. The van der Waals surface area contributed by atoms with Crippen LogP contribution >= 0.6 is 0 Å². The van der Waals surface area contributed by atoms with E-state index in [2.05, 4.69) is 26.6 Å². The molecule has 0 atom stereocenters. The molecule has 4 heteroatoms. The number of nitrogens with zero attached hydrogens (tertiary/aromatic N) is 1. The minimum absolute atomic E-state index is 0.818. The first-order chi connectivity index (χ1) is 6.45. The van der Waals surface area contributed by atoms with Crippen LogP contribution in [0.15, 0.2) is 30.6 Å². The summed E-state index contributed by atoms with van der Waals surface area (Å²) in [5.41, 5.74) is 2.30. The maximum atomic E-state index is 3.87. The molecule has 0 aliphatic rings. The van der Waals surface area contributed by atoms with E-state index in [1.807, 2.05) is 18.3 Å². The number of nitrogens with one attached hydrogen (secondary N) is 3. The predicted molar refractivity (Wildman–Crippen MR) is 49.9 cm³/mol. The topological polar surface area (TPSA) is 56.5 Å². The molecule has 2 aromatic heterocycles. The second-order valence-electron chi connectivity index (χ2n) is 2.88. The summed E-state index contributed by atoms with van der Waals surface area (Å²) in [4.78, 5) is 3.13. The lowest BCUT2D eigenvalue weighted by Crippen LogP contribution is -2.13. The van der Waals surface area contributed by atoms with Gasteiger partial charge < -0.3 is 10.3 Å². The number of H-pyrrole nitrogens is 2. The van der Waals surface area contributed by atoms with Crippen molar-refractivity contribution in [2.24, 2.45) is 0 Å². The van der Waals surface area contributed by atoms with E-state index in [0.29, 0.717) is 0 Å². The summed E-state index contributed by atoms with van der Waals surface area (Å²) in [7, 11) is 0. The van der Waals surface area contributed by atoms with E-state index >= 15 is 0 Å². The molecule has 0 unspecified atom stereocenters. The van der Waals surface area contributed by atoms with Crippen molar-refractivity contribution >= 4 is 0 Å². The van der Waals surface area contributed by atoms with Gasteiger partial charge in [-0.1, -0.05) is 0 Å². The summed E-state index contributed by atoms with van der Waals surface area (Å²) in [6.07, 6.45) is 3.68. The predicted octanol–water partition coefficient (Wildman–Crippen LogP) is 1.03. The zero-order valence-corrected chi connectivity index (χ0v) is 7.25. The van der Waals surface area contributed by atoms with Gasteiger partial charge in [0, 0.05) is 36.9 Å². The molecule has 68 valence electrons. The number of hydrogen-bond acceptors (Lipinski definition) is 2. The van der Waals surface area contributed by atoms with Gasteiger partial charge in [-0.15, -0.1) is 0 Å². The van der Waals surface area contributed by atoms with Gasteiger partial charge in [0.25, 0.3) is 0 Å². The Morgan fingerprint density at radius 3 is 2.85 bits per heavy atom.